The number of nitrogens with two attached hydrogens (primary N) is 1. The van der Waals surface area contributed by atoms with Crippen molar-refractivity contribution >= 4 is 0 Å². The van der Waals surface area contributed by atoms with Gasteiger partial charge in [0.25, 0.3) is 0 Å². The number of rotatable bonds is 8. The minimum atomic E-state index is 0.343. The van der Waals surface area contributed by atoms with Crippen molar-refractivity contribution in [2.24, 2.45) is 11.3 Å². The van der Waals surface area contributed by atoms with Crippen LogP contribution in [0.3, 0.4) is 0 Å². The summed E-state index contributed by atoms with van der Waals surface area (Å²) in [4.78, 5) is 0. The van der Waals surface area contributed by atoms with Crippen molar-refractivity contribution in [3.8, 4) is 0 Å². The van der Waals surface area contributed by atoms with Crippen LogP contribution in [0, 0.1) is 5.41 Å². The molecule has 1 aromatic rings. The van der Waals surface area contributed by atoms with Crippen molar-refractivity contribution < 1.29 is 0 Å². The lowest BCUT2D eigenvalue weighted by atomic mass is 9.75. The second kappa shape index (κ2) is 7.41. The van der Waals surface area contributed by atoms with Crippen LogP contribution in [0.15, 0.2) is 12.3 Å². The van der Waals surface area contributed by atoms with Gasteiger partial charge in [-0.05, 0) is 43.6 Å². The highest BCUT2D eigenvalue weighted by Crippen LogP contribution is 2.44. The third-order valence-corrected chi connectivity index (χ3v) is 5.64. The van der Waals surface area contributed by atoms with Crippen molar-refractivity contribution in [1.82, 2.24) is 15.2 Å². The lowest BCUT2D eigenvalue weighted by Crippen LogP contribution is -2.48. The van der Waals surface area contributed by atoms with Crippen molar-refractivity contribution in [2.75, 3.05) is 0 Å². The number of nitrogens with zero attached hydrogens (tertiary/aromatic N) is 2. The van der Waals surface area contributed by atoms with E-state index < -0.39 is 0 Å². The summed E-state index contributed by atoms with van der Waals surface area (Å²) in [5, 5.41) is 4.80. The molecule has 0 aliphatic heterocycles. The lowest BCUT2D eigenvalue weighted by Gasteiger charge is -2.36. The Morgan fingerprint density at radius 2 is 1.95 bits per heavy atom. The summed E-state index contributed by atoms with van der Waals surface area (Å²) in [6.45, 7) is 6.76. The average Bonchev–Trinajstić information content (AvgIpc) is 3.16. The Labute approximate surface area is 129 Å². The van der Waals surface area contributed by atoms with E-state index in [4.69, 9.17) is 10.9 Å². The van der Waals surface area contributed by atoms with Crippen LogP contribution in [0.25, 0.3) is 0 Å². The van der Waals surface area contributed by atoms with Gasteiger partial charge in [-0.3, -0.25) is 16.0 Å². The van der Waals surface area contributed by atoms with Crippen molar-refractivity contribution in [3.63, 3.8) is 0 Å². The minimum absolute atomic E-state index is 0.343. The van der Waals surface area contributed by atoms with E-state index in [1.54, 1.807) is 0 Å². The van der Waals surface area contributed by atoms with E-state index >= 15 is 0 Å². The topological polar surface area (TPSA) is 55.9 Å². The third kappa shape index (κ3) is 3.49. The normalized spacial score (nSPS) is 19.3. The zero-order valence-corrected chi connectivity index (χ0v) is 13.9. The molecule has 1 heterocycles. The largest absolute Gasteiger partial charge is 0.271 e. The maximum Gasteiger partial charge on any atom is 0.0640 e. The zero-order valence-electron chi connectivity index (χ0n) is 13.9. The number of hydrazine groups is 1. The van der Waals surface area contributed by atoms with Gasteiger partial charge >= 0.3 is 0 Å². The number of hydrogen-bond donors (Lipinski definition) is 2. The number of aromatic nitrogens is 2. The molecule has 1 saturated carbocycles. The molecule has 0 bridgehead atoms. The molecule has 120 valence electrons. The molecule has 3 N–H and O–H groups in total. The molecule has 2 rings (SSSR count). The Bertz CT molecular complexity index is 416. The molecule has 0 saturated heterocycles. The SMILES string of the molecule is CCC(CC)n1ccc(CC(NN)C2(CC)CCCC2)n1. The molecule has 0 radical (unpaired) electrons. The highest BCUT2D eigenvalue weighted by molar-refractivity contribution is 5.06. The summed E-state index contributed by atoms with van der Waals surface area (Å²) < 4.78 is 2.14. The van der Waals surface area contributed by atoms with Gasteiger partial charge in [0.15, 0.2) is 0 Å². The lowest BCUT2D eigenvalue weighted by molar-refractivity contribution is 0.184. The zero-order chi connectivity index (χ0) is 15.3. The molecule has 0 spiro atoms. The molecule has 1 aliphatic carbocycles. The highest BCUT2D eigenvalue weighted by atomic mass is 15.3. The van der Waals surface area contributed by atoms with Crippen LogP contribution in [0.4, 0.5) is 0 Å². The van der Waals surface area contributed by atoms with E-state index in [1.807, 2.05) is 0 Å². The second-order valence-corrected chi connectivity index (χ2v) is 6.60. The second-order valence-electron chi connectivity index (χ2n) is 6.60. The fourth-order valence-corrected chi connectivity index (χ4v) is 4.04. The van der Waals surface area contributed by atoms with Crippen LogP contribution >= 0.6 is 0 Å². The van der Waals surface area contributed by atoms with Crippen LogP contribution in [0.2, 0.25) is 0 Å². The highest BCUT2D eigenvalue weighted by Gasteiger charge is 2.39. The minimum Gasteiger partial charge on any atom is -0.271 e. The summed E-state index contributed by atoms with van der Waals surface area (Å²) in [5.74, 6) is 5.90. The van der Waals surface area contributed by atoms with E-state index in [0.717, 1.165) is 19.3 Å². The van der Waals surface area contributed by atoms with Gasteiger partial charge in [-0.25, -0.2) is 0 Å². The van der Waals surface area contributed by atoms with Gasteiger partial charge in [0.05, 0.1) is 11.7 Å². The Kier molecular flexibility index (Phi) is 5.82. The van der Waals surface area contributed by atoms with E-state index in [9.17, 15) is 0 Å². The van der Waals surface area contributed by atoms with Crippen molar-refractivity contribution in [2.45, 2.75) is 84.2 Å². The average molecular weight is 292 g/mol. The summed E-state index contributed by atoms with van der Waals surface area (Å²) in [7, 11) is 0. The van der Waals surface area contributed by atoms with Crippen molar-refractivity contribution in [1.29, 1.82) is 0 Å². The number of nitrogens with one attached hydrogen (secondary N) is 1. The Morgan fingerprint density at radius 3 is 2.48 bits per heavy atom. The number of hydrogen-bond acceptors (Lipinski definition) is 3. The maximum atomic E-state index is 5.90. The van der Waals surface area contributed by atoms with Crippen molar-refractivity contribution in [3.05, 3.63) is 18.0 Å². The van der Waals surface area contributed by atoms with E-state index in [-0.39, 0.29) is 0 Å². The Hall–Kier alpha value is -0.870. The molecule has 4 heteroatoms. The third-order valence-electron chi connectivity index (χ3n) is 5.64. The molecule has 1 fully saturated rings. The molecule has 0 aromatic carbocycles. The molecular weight excluding hydrogens is 260 g/mol. The fraction of sp³-hybridized carbons (Fsp3) is 0.824. The molecular formula is C17H32N4. The van der Waals surface area contributed by atoms with Gasteiger partial charge in [0.2, 0.25) is 0 Å². The van der Waals surface area contributed by atoms with Gasteiger partial charge in [-0.1, -0.05) is 33.6 Å². The Morgan fingerprint density at radius 1 is 1.29 bits per heavy atom. The summed E-state index contributed by atoms with van der Waals surface area (Å²) in [5.41, 5.74) is 4.64. The van der Waals surface area contributed by atoms with Crippen LogP contribution in [-0.4, -0.2) is 15.8 Å². The first-order valence-corrected chi connectivity index (χ1v) is 8.69. The first-order chi connectivity index (χ1) is 10.2. The predicted octanol–water partition coefficient (Wildman–Crippen LogP) is 3.59. The summed E-state index contributed by atoms with van der Waals surface area (Å²) in [6, 6.07) is 3.03. The standard InChI is InChI=1S/C17H32N4/c1-4-15(5-2)21-12-9-14(20-21)13-16(19-18)17(6-3)10-7-8-11-17/h9,12,15-16,19H,4-8,10-11,13,18H2,1-3H3. The quantitative estimate of drug-likeness (QED) is 0.568. The molecule has 0 amide bonds. The van der Waals surface area contributed by atoms with E-state index in [2.05, 4.69) is 43.1 Å². The van der Waals surface area contributed by atoms with E-state index in [0.29, 0.717) is 17.5 Å². The van der Waals surface area contributed by atoms with Crippen LogP contribution in [-0.2, 0) is 6.42 Å². The van der Waals surface area contributed by atoms with Crippen LogP contribution in [0.1, 0.15) is 77.5 Å². The van der Waals surface area contributed by atoms with Gasteiger partial charge in [0.1, 0.15) is 0 Å². The monoisotopic (exact) mass is 292 g/mol. The molecule has 1 unspecified atom stereocenters. The fourth-order valence-electron chi connectivity index (χ4n) is 4.04. The van der Waals surface area contributed by atoms with Gasteiger partial charge in [-0.2, -0.15) is 5.10 Å². The molecule has 21 heavy (non-hydrogen) atoms. The first kappa shape index (κ1) is 16.5. The molecule has 1 aromatic heterocycles. The van der Waals surface area contributed by atoms with Crippen LogP contribution in [0.5, 0.6) is 0 Å². The summed E-state index contributed by atoms with van der Waals surface area (Å²) in [6.07, 6.45) is 11.8. The predicted molar refractivity (Wildman–Crippen MR) is 87.9 cm³/mol. The van der Waals surface area contributed by atoms with E-state index in [1.165, 1.54) is 37.8 Å². The molecule has 4 nitrogen and oxygen atoms in total. The summed E-state index contributed by atoms with van der Waals surface area (Å²) >= 11 is 0. The van der Waals surface area contributed by atoms with Gasteiger partial charge in [-0.15, -0.1) is 0 Å². The van der Waals surface area contributed by atoms with Crippen LogP contribution < -0.4 is 11.3 Å². The maximum absolute atomic E-state index is 5.90. The van der Waals surface area contributed by atoms with Gasteiger partial charge in [0, 0.05) is 18.7 Å². The van der Waals surface area contributed by atoms with Gasteiger partial charge < -0.3 is 0 Å². The molecule has 1 atom stereocenters. The first-order valence-electron chi connectivity index (χ1n) is 8.69. The Balaban J connectivity index is 2.08. The molecule has 1 aliphatic rings. The smallest absolute Gasteiger partial charge is 0.0640 e.